The summed E-state index contributed by atoms with van der Waals surface area (Å²) in [5, 5.41) is 7.05. The topological polar surface area (TPSA) is 62.7 Å². The molecule has 0 spiro atoms. The number of carbonyl (C=O) groups is 1. The summed E-state index contributed by atoms with van der Waals surface area (Å²) in [4.78, 5) is 17.9. The third-order valence-electron chi connectivity index (χ3n) is 4.48. The summed E-state index contributed by atoms with van der Waals surface area (Å²) in [7, 11) is 1.63. The second-order valence-corrected chi connectivity index (χ2v) is 7.04. The number of amidine groups is 1. The van der Waals surface area contributed by atoms with Crippen molar-refractivity contribution in [3.05, 3.63) is 70.9 Å². The first-order valence-electron chi connectivity index (χ1n) is 8.64. The highest BCUT2D eigenvalue weighted by Crippen LogP contribution is 2.33. The molecule has 1 heterocycles. The van der Waals surface area contributed by atoms with E-state index >= 15 is 0 Å². The molecule has 2 N–H and O–H groups in total. The van der Waals surface area contributed by atoms with Gasteiger partial charge in [-0.15, -0.1) is 0 Å². The molecule has 0 fully saturated rings. The molecule has 5 nitrogen and oxygen atoms in total. The van der Waals surface area contributed by atoms with Crippen LogP contribution in [-0.4, -0.2) is 24.4 Å². The molecule has 1 aliphatic heterocycles. The van der Waals surface area contributed by atoms with E-state index in [9.17, 15) is 4.79 Å². The number of nitrogens with one attached hydrogen (secondary N) is 2. The van der Waals surface area contributed by atoms with Crippen LogP contribution in [0, 0.1) is 6.92 Å². The van der Waals surface area contributed by atoms with Crippen LogP contribution in [0.5, 0.6) is 5.75 Å². The Bertz CT molecular complexity index is 904. The summed E-state index contributed by atoms with van der Waals surface area (Å²) in [5.74, 6) is 0.618. The van der Waals surface area contributed by atoms with Crippen LogP contribution < -0.4 is 15.4 Å². The first-order chi connectivity index (χ1) is 13.0. The van der Waals surface area contributed by atoms with Gasteiger partial charge >= 0.3 is 0 Å². The standard InChI is InChI=1S/C21H23N3O2S/c1-13-7-5-6-8-17(13)23-20(25)18-14(2)22-21(27-4)24-19(18)15-9-11-16(26-3)12-10-15/h5-12,19H,1-4H3,(H,22,24)(H,23,25)/t19-/m1/s1. The van der Waals surface area contributed by atoms with Gasteiger partial charge in [0.2, 0.25) is 0 Å². The van der Waals surface area contributed by atoms with E-state index in [1.807, 2.05) is 68.6 Å². The summed E-state index contributed by atoms with van der Waals surface area (Å²) in [5.41, 5.74) is 4.18. The van der Waals surface area contributed by atoms with Gasteiger partial charge in [0.15, 0.2) is 5.17 Å². The molecule has 1 atom stereocenters. The van der Waals surface area contributed by atoms with Crippen LogP contribution in [0.3, 0.4) is 0 Å². The number of methoxy groups -OCH3 is 1. The number of benzene rings is 2. The Morgan fingerprint density at radius 2 is 1.85 bits per heavy atom. The van der Waals surface area contributed by atoms with Crippen molar-refractivity contribution in [3.63, 3.8) is 0 Å². The van der Waals surface area contributed by atoms with E-state index in [1.54, 1.807) is 7.11 Å². The largest absolute Gasteiger partial charge is 0.497 e. The molecule has 140 valence electrons. The number of allylic oxidation sites excluding steroid dienone is 1. The molecule has 1 aliphatic rings. The summed E-state index contributed by atoms with van der Waals surface area (Å²) < 4.78 is 5.24. The predicted octanol–water partition coefficient (Wildman–Crippen LogP) is 4.28. The smallest absolute Gasteiger partial charge is 0.255 e. The SMILES string of the molecule is COc1ccc([C@H]2N=C(SC)NC(C)=C2C(=O)Nc2ccccc2C)cc1. The first kappa shape index (κ1) is 19.0. The maximum absolute atomic E-state index is 13.1. The highest BCUT2D eigenvalue weighted by atomic mass is 32.2. The van der Waals surface area contributed by atoms with Crippen LogP contribution in [0.25, 0.3) is 0 Å². The van der Waals surface area contributed by atoms with Crippen molar-refractivity contribution in [2.24, 2.45) is 4.99 Å². The van der Waals surface area contributed by atoms with E-state index in [2.05, 4.69) is 10.6 Å². The van der Waals surface area contributed by atoms with Gasteiger partial charge in [-0.1, -0.05) is 42.1 Å². The number of aliphatic imine (C=N–C) groups is 1. The third-order valence-corrected chi connectivity index (χ3v) is 5.08. The number of carbonyl (C=O) groups excluding carboxylic acids is 1. The molecule has 1 amide bonds. The number of hydrogen-bond donors (Lipinski definition) is 2. The zero-order valence-electron chi connectivity index (χ0n) is 15.9. The molecule has 2 aromatic carbocycles. The summed E-state index contributed by atoms with van der Waals surface area (Å²) in [6.07, 6.45) is 1.96. The maximum Gasteiger partial charge on any atom is 0.255 e. The number of nitrogens with zero attached hydrogens (tertiary/aromatic N) is 1. The first-order valence-corrected chi connectivity index (χ1v) is 9.86. The summed E-state index contributed by atoms with van der Waals surface area (Å²) >= 11 is 1.52. The van der Waals surface area contributed by atoms with Gasteiger partial charge in [-0.05, 0) is 49.4 Å². The van der Waals surface area contributed by atoms with Crippen LogP contribution in [0.15, 0.2) is 64.8 Å². The van der Waals surface area contributed by atoms with Crippen LogP contribution in [0.1, 0.15) is 24.1 Å². The Labute approximate surface area is 163 Å². The summed E-state index contributed by atoms with van der Waals surface area (Å²) in [6.45, 7) is 3.88. The van der Waals surface area contributed by atoms with E-state index in [0.29, 0.717) is 5.57 Å². The highest BCUT2D eigenvalue weighted by Gasteiger charge is 2.29. The molecule has 0 radical (unpaired) electrons. The number of anilines is 1. The fourth-order valence-corrected chi connectivity index (χ4v) is 3.44. The van der Waals surface area contributed by atoms with Crippen molar-refractivity contribution < 1.29 is 9.53 Å². The lowest BCUT2D eigenvalue weighted by molar-refractivity contribution is -0.113. The van der Waals surface area contributed by atoms with Gasteiger partial charge in [0.05, 0.1) is 12.7 Å². The molecule has 0 aliphatic carbocycles. The van der Waals surface area contributed by atoms with Crippen LogP contribution >= 0.6 is 11.8 Å². The molecular weight excluding hydrogens is 358 g/mol. The number of para-hydroxylation sites is 1. The number of amides is 1. The van der Waals surface area contributed by atoms with Gasteiger partial charge in [-0.3, -0.25) is 4.79 Å². The van der Waals surface area contributed by atoms with Crippen molar-refractivity contribution in [1.29, 1.82) is 0 Å². The van der Waals surface area contributed by atoms with Crippen LogP contribution in [0.4, 0.5) is 5.69 Å². The number of ether oxygens (including phenoxy) is 1. The second kappa shape index (κ2) is 8.31. The number of hydrogen-bond acceptors (Lipinski definition) is 5. The molecule has 0 saturated carbocycles. The minimum Gasteiger partial charge on any atom is -0.497 e. The van der Waals surface area contributed by atoms with Gasteiger partial charge < -0.3 is 15.4 Å². The summed E-state index contributed by atoms with van der Waals surface area (Å²) in [6, 6.07) is 15.0. The number of aryl methyl sites for hydroxylation is 1. The van der Waals surface area contributed by atoms with E-state index < -0.39 is 0 Å². The maximum atomic E-state index is 13.1. The average Bonchev–Trinajstić information content (AvgIpc) is 2.69. The molecule has 2 aromatic rings. The minimum atomic E-state index is -0.372. The molecule has 0 unspecified atom stereocenters. The van der Waals surface area contributed by atoms with E-state index in [0.717, 1.165) is 33.4 Å². The van der Waals surface area contributed by atoms with Gasteiger partial charge in [0.25, 0.3) is 5.91 Å². The molecule has 0 bridgehead atoms. The van der Waals surface area contributed by atoms with E-state index in [1.165, 1.54) is 11.8 Å². The Morgan fingerprint density at radius 3 is 2.48 bits per heavy atom. The molecule has 0 aromatic heterocycles. The Morgan fingerprint density at radius 1 is 1.15 bits per heavy atom. The Kier molecular flexibility index (Phi) is 5.86. The fourth-order valence-electron chi connectivity index (χ4n) is 2.98. The zero-order valence-corrected chi connectivity index (χ0v) is 16.7. The fraction of sp³-hybridized carbons (Fsp3) is 0.238. The Hall–Kier alpha value is -2.73. The average molecular weight is 382 g/mol. The molecule has 6 heteroatoms. The monoisotopic (exact) mass is 381 g/mol. The molecule has 0 saturated heterocycles. The second-order valence-electron chi connectivity index (χ2n) is 6.25. The molecule has 27 heavy (non-hydrogen) atoms. The Balaban J connectivity index is 1.96. The van der Waals surface area contributed by atoms with Gasteiger partial charge in [-0.2, -0.15) is 0 Å². The quantitative estimate of drug-likeness (QED) is 0.830. The lowest BCUT2D eigenvalue weighted by Crippen LogP contribution is -2.32. The van der Waals surface area contributed by atoms with Crippen LogP contribution in [-0.2, 0) is 4.79 Å². The molecular formula is C21H23N3O2S. The number of thioether (sulfide) groups is 1. The number of rotatable bonds is 4. The van der Waals surface area contributed by atoms with Crippen molar-refractivity contribution in [1.82, 2.24) is 5.32 Å². The zero-order chi connectivity index (χ0) is 19.4. The van der Waals surface area contributed by atoms with Crippen molar-refractivity contribution in [2.45, 2.75) is 19.9 Å². The third kappa shape index (κ3) is 4.17. The van der Waals surface area contributed by atoms with E-state index in [4.69, 9.17) is 9.73 Å². The predicted molar refractivity (Wildman–Crippen MR) is 112 cm³/mol. The molecule has 3 rings (SSSR count). The van der Waals surface area contributed by atoms with Gasteiger partial charge in [-0.25, -0.2) is 4.99 Å². The highest BCUT2D eigenvalue weighted by molar-refractivity contribution is 8.13. The van der Waals surface area contributed by atoms with Gasteiger partial charge in [0.1, 0.15) is 11.8 Å². The lowest BCUT2D eigenvalue weighted by atomic mass is 9.95. The van der Waals surface area contributed by atoms with Crippen LogP contribution in [0.2, 0.25) is 0 Å². The lowest BCUT2D eigenvalue weighted by Gasteiger charge is -2.26. The van der Waals surface area contributed by atoms with Crippen molar-refractivity contribution in [2.75, 3.05) is 18.7 Å². The van der Waals surface area contributed by atoms with Gasteiger partial charge in [0, 0.05) is 11.4 Å². The van der Waals surface area contributed by atoms with Crippen molar-refractivity contribution in [3.8, 4) is 5.75 Å². The van der Waals surface area contributed by atoms with Crippen molar-refractivity contribution >= 4 is 28.5 Å². The normalized spacial score (nSPS) is 16.4. The minimum absolute atomic E-state index is 0.154. The van der Waals surface area contributed by atoms with E-state index in [-0.39, 0.29) is 11.9 Å².